The van der Waals surface area contributed by atoms with Gasteiger partial charge in [0.2, 0.25) is 6.29 Å². The van der Waals surface area contributed by atoms with Crippen LogP contribution in [0.3, 0.4) is 0 Å². The molecule has 6 rings (SSSR count). The second kappa shape index (κ2) is 11.6. The van der Waals surface area contributed by atoms with Gasteiger partial charge in [-0.1, -0.05) is 38.0 Å². The Morgan fingerprint density at radius 2 is 1.62 bits per heavy atom. The van der Waals surface area contributed by atoms with Crippen molar-refractivity contribution < 1.29 is 54.8 Å². The normalized spacial score (nSPS) is 51.1. The van der Waals surface area contributed by atoms with Crippen LogP contribution in [0.4, 0.5) is 0 Å². The molecular formula is C36H54O11. The molecule has 1 aliphatic heterocycles. The molecule has 4 fully saturated rings. The lowest BCUT2D eigenvalue weighted by Crippen LogP contribution is -2.66. The van der Waals surface area contributed by atoms with Gasteiger partial charge in [0, 0.05) is 5.92 Å². The zero-order valence-electron chi connectivity index (χ0n) is 28.3. The first-order valence-corrected chi connectivity index (χ1v) is 17.4. The van der Waals surface area contributed by atoms with Gasteiger partial charge in [0.1, 0.15) is 24.4 Å². The maximum Gasteiger partial charge on any atom is 0.315 e. The molecule has 0 radical (unpaired) electrons. The summed E-state index contributed by atoms with van der Waals surface area (Å²) < 4.78 is 11.4. The predicted molar refractivity (Wildman–Crippen MR) is 168 cm³/mol. The molecule has 7 N–H and O–H groups in total. The van der Waals surface area contributed by atoms with Crippen molar-refractivity contribution in [2.24, 2.45) is 44.8 Å². The Kier molecular flexibility index (Phi) is 8.64. The number of aliphatic hydroxyl groups excluding tert-OH is 6. The smallest absolute Gasteiger partial charge is 0.315 e. The monoisotopic (exact) mass is 662 g/mol. The molecule has 264 valence electrons. The van der Waals surface area contributed by atoms with Gasteiger partial charge in [-0.05, 0) is 105 Å². The zero-order chi connectivity index (χ0) is 34.5. The fourth-order valence-electron chi connectivity index (χ4n) is 11.9. The SMILES string of the molecule is CC1=C(CO)CC[C@]2(C(=O)O[C@@H]3O[C@H](CO)[C@@H](O)[C@H](O)[C@H]3O)CC[C@]3(C)C(=CC[C@@H]4[C@@]5(C)CC[C@H](O)[C@](C)(C(=O)O)[C@@H]5CC[C@]43C)[C@H]12. The van der Waals surface area contributed by atoms with Crippen LogP contribution in [0.2, 0.25) is 0 Å². The number of carboxylic acid groups (broad SMARTS) is 1. The van der Waals surface area contributed by atoms with Crippen molar-refractivity contribution >= 4 is 11.9 Å². The van der Waals surface area contributed by atoms with Gasteiger partial charge in [-0.15, -0.1) is 0 Å². The number of fused-ring (bicyclic) bond motifs is 7. The van der Waals surface area contributed by atoms with E-state index in [9.17, 15) is 45.3 Å². The van der Waals surface area contributed by atoms with Crippen molar-refractivity contribution in [1.82, 2.24) is 0 Å². The largest absolute Gasteiger partial charge is 0.481 e. The molecule has 11 nitrogen and oxygen atoms in total. The fraction of sp³-hybridized carbons (Fsp3) is 0.833. The average molecular weight is 663 g/mol. The minimum Gasteiger partial charge on any atom is -0.481 e. The average Bonchev–Trinajstić information content (AvgIpc) is 3.03. The van der Waals surface area contributed by atoms with Crippen LogP contribution in [0.15, 0.2) is 22.8 Å². The van der Waals surface area contributed by atoms with Crippen molar-refractivity contribution in [2.75, 3.05) is 13.2 Å². The lowest BCUT2D eigenvalue weighted by Gasteiger charge is -2.70. The molecule has 0 spiro atoms. The van der Waals surface area contributed by atoms with Crippen LogP contribution in [-0.2, 0) is 19.1 Å². The highest BCUT2D eigenvalue weighted by atomic mass is 16.7. The summed E-state index contributed by atoms with van der Waals surface area (Å²) in [6.45, 7) is 9.79. The van der Waals surface area contributed by atoms with Gasteiger partial charge in [0.15, 0.2) is 0 Å². The van der Waals surface area contributed by atoms with E-state index in [4.69, 9.17) is 9.47 Å². The first kappa shape index (κ1) is 35.0. The third-order valence-corrected chi connectivity index (χ3v) is 15.1. The summed E-state index contributed by atoms with van der Waals surface area (Å²) in [5.74, 6) is -1.92. The number of allylic oxidation sites excluding steroid dienone is 3. The number of carbonyl (C=O) groups excluding carboxylic acids is 1. The van der Waals surface area contributed by atoms with E-state index in [1.807, 2.05) is 6.92 Å². The number of esters is 1. The third-order valence-electron chi connectivity index (χ3n) is 15.1. The van der Waals surface area contributed by atoms with Gasteiger partial charge in [-0.25, -0.2) is 0 Å². The molecule has 0 aromatic heterocycles. The molecule has 0 unspecified atom stereocenters. The summed E-state index contributed by atoms with van der Waals surface area (Å²) in [4.78, 5) is 27.1. The first-order valence-electron chi connectivity index (χ1n) is 17.4. The molecule has 47 heavy (non-hydrogen) atoms. The maximum absolute atomic E-state index is 14.4. The topological polar surface area (TPSA) is 194 Å². The minimum absolute atomic E-state index is 0.125. The zero-order valence-corrected chi connectivity index (χ0v) is 28.3. The van der Waals surface area contributed by atoms with Crippen LogP contribution in [0, 0.1) is 44.8 Å². The van der Waals surface area contributed by atoms with E-state index in [2.05, 4.69) is 26.8 Å². The van der Waals surface area contributed by atoms with Crippen molar-refractivity contribution in [2.45, 2.75) is 129 Å². The molecule has 0 amide bonds. The van der Waals surface area contributed by atoms with E-state index in [1.165, 1.54) is 0 Å². The van der Waals surface area contributed by atoms with Crippen molar-refractivity contribution in [3.8, 4) is 0 Å². The predicted octanol–water partition coefficient (Wildman–Crippen LogP) is 2.45. The molecule has 1 saturated heterocycles. The van der Waals surface area contributed by atoms with Gasteiger partial charge in [-0.2, -0.15) is 0 Å². The molecule has 1 heterocycles. The second-order valence-electron chi connectivity index (χ2n) is 16.6. The van der Waals surface area contributed by atoms with Gasteiger partial charge in [0.25, 0.3) is 0 Å². The highest BCUT2D eigenvalue weighted by Crippen LogP contribution is 2.75. The van der Waals surface area contributed by atoms with E-state index in [1.54, 1.807) is 6.92 Å². The van der Waals surface area contributed by atoms with Gasteiger partial charge < -0.3 is 45.2 Å². The third kappa shape index (κ3) is 4.56. The van der Waals surface area contributed by atoms with Crippen molar-refractivity contribution in [3.63, 3.8) is 0 Å². The molecule has 14 atom stereocenters. The summed E-state index contributed by atoms with van der Waals surface area (Å²) in [5, 5.41) is 72.8. The van der Waals surface area contributed by atoms with Crippen molar-refractivity contribution in [1.29, 1.82) is 0 Å². The molecule has 3 saturated carbocycles. The fourth-order valence-corrected chi connectivity index (χ4v) is 11.9. The number of aliphatic hydroxyl groups is 6. The Morgan fingerprint density at radius 1 is 0.915 bits per heavy atom. The Bertz CT molecular complexity index is 1360. The molecule has 11 heteroatoms. The highest BCUT2D eigenvalue weighted by Gasteiger charge is 2.71. The van der Waals surface area contributed by atoms with Gasteiger partial charge in [0.05, 0.1) is 30.1 Å². The summed E-state index contributed by atoms with van der Waals surface area (Å²) >= 11 is 0. The summed E-state index contributed by atoms with van der Waals surface area (Å²) in [5.41, 5.74) is -0.183. The minimum atomic E-state index is -1.70. The van der Waals surface area contributed by atoms with E-state index < -0.39 is 66.2 Å². The Hall–Kier alpha value is -1.86. The lowest BCUT2D eigenvalue weighted by atomic mass is 9.33. The lowest BCUT2D eigenvalue weighted by molar-refractivity contribution is -0.296. The Morgan fingerprint density at radius 3 is 2.26 bits per heavy atom. The van der Waals surface area contributed by atoms with E-state index in [-0.39, 0.29) is 40.6 Å². The van der Waals surface area contributed by atoms with Crippen molar-refractivity contribution in [3.05, 3.63) is 22.8 Å². The molecular weight excluding hydrogens is 608 g/mol. The van der Waals surface area contributed by atoms with Crippen LogP contribution in [-0.4, -0.2) is 97.7 Å². The summed E-state index contributed by atoms with van der Waals surface area (Å²) in [6, 6.07) is 0. The standard InChI is InChI=1S/C36H54O11/c1-18-19(16-37)8-13-36(31(45)47-29-28(42)27(41)26(40)21(17-38)46-29)15-14-33(3)20(25(18)36)6-7-22-32(2)11-10-24(39)35(5,30(43)44)23(32)9-12-34(22,33)4/h6,21-29,37-42H,7-17H2,1-5H3,(H,43,44)/t21-,22-,23-,24+,25+,26-,27+,28-,29+,32-,33-,34-,35-,36+/m1/s1. The number of aliphatic carboxylic acids is 1. The number of carboxylic acids is 1. The number of hydrogen-bond acceptors (Lipinski definition) is 10. The van der Waals surface area contributed by atoms with E-state index >= 15 is 0 Å². The van der Waals surface area contributed by atoms with Gasteiger partial charge in [-0.3, -0.25) is 9.59 Å². The Labute approximate surface area is 276 Å². The number of ether oxygens (including phenoxy) is 2. The number of carbonyl (C=O) groups is 2. The van der Waals surface area contributed by atoms with E-state index in [0.717, 1.165) is 29.6 Å². The van der Waals surface area contributed by atoms with Crippen LogP contribution in [0.25, 0.3) is 0 Å². The molecule has 6 aliphatic rings. The molecule has 0 aromatic rings. The van der Waals surface area contributed by atoms with E-state index in [0.29, 0.717) is 44.9 Å². The second-order valence-corrected chi connectivity index (χ2v) is 16.6. The highest BCUT2D eigenvalue weighted by molar-refractivity contribution is 5.80. The van der Waals surface area contributed by atoms with Crippen LogP contribution in [0.5, 0.6) is 0 Å². The van der Waals surface area contributed by atoms with Crippen LogP contribution < -0.4 is 0 Å². The molecule has 0 aromatic carbocycles. The first-order chi connectivity index (χ1) is 22.0. The molecule has 0 bridgehead atoms. The number of hydrogen-bond donors (Lipinski definition) is 7. The maximum atomic E-state index is 14.4. The quantitative estimate of drug-likeness (QED) is 0.169. The Balaban J connectivity index is 1.39. The number of rotatable bonds is 5. The summed E-state index contributed by atoms with van der Waals surface area (Å²) in [6.07, 6.45) is -0.938. The van der Waals surface area contributed by atoms with Crippen LogP contribution >= 0.6 is 0 Å². The summed E-state index contributed by atoms with van der Waals surface area (Å²) in [7, 11) is 0. The molecule has 5 aliphatic carbocycles. The van der Waals surface area contributed by atoms with Gasteiger partial charge >= 0.3 is 11.9 Å². The van der Waals surface area contributed by atoms with Crippen LogP contribution in [0.1, 0.15) is 92.4 Å².